The Labute approximate surface area is 428 Å². The lowest BCUT2D eigenvalue weighted by Gasteiger charge is -2.47. The third-order valence-electron chi connectivity index (χ3n) is 13.9. The molecule has 2 heterocycles. The van der Waals surface area contributed by atoms with Crippen molar-refractivity contribution in [2.45, 2.75) is 142 Å². The number of benzene rings is 2. The van der Waals surface area contributed by atoms with Crippen LogP contribution in [0.2, 0.25) is 0 Å². The van der Waals surface area contributed by atoms with Crippen molar-refractivity contribution in [3.63, 3.8) is 0 Å². The molecule has 4 rings (SSSR count). The average molecular weight is 1020 g/mol. The van der Waals surface area contributed by atoms with E-state index in [1.54, 1.807) is 20.8 Å². The lowest BCUT2D eigenvalue weighted by molar-refractivity contribution is -0.295. The van der Waals surface area contributed by atoms with Gasteiger partial charge in [0.1, 0.15) is 41.8 Å². The van der Waals surface area contributed by atoms with Crippen LogP contribution in [0.5, 0.6) is 11.5 Å². The van der Waals surface area contributed by atoms with Crippen LogP contribution in [0, 0.1) is 23.7 Å². The van der Waals surface area contributed by atoms with Crippen LogP contribution in [0.3, 0.4) is 0 Å². The van der Waals surface area contributed by atoms with E-state index in [-0.39, 0.29) is 31.6 Å². The molecule has 0 aromatic heterocycles. The number of oxime groups is 1. The molecule has 2 aliphatic heterocycles. The number of para-hydroxylation sites is 1. The topological polar surface area (TPSA) is 218 Å². The number of rotatable bonds is 26. The summed E-state index contributed by atoms with van der Waals surface area (Å²) in [4.78, 5) is 35.7. The molecule has 408 valence electrons. The molecule has 5 N–H and O–H groups in total. The third kappa shape index (κ3) is 18.2. The minimum absolute atomic E-state index is 0.164. The Bertz CT molecular complexity index is 1890. The maximum atomic E-state index is 14.2. The van der Waals surface area contributed by atoms with Crippen LogP contribution in [0.1, 0.15) is 87.5 Å². The number of nitrogens with one attached hydrogen (secondary N) is 2. The molecule has 2 aromatic rings. The van der Waals surface area contributed by atoms with Gasteiger partial charge in [-0.15, -0.1) is 0 Å². The van der Waals surface area contributed by atoms with Crippen LogP contribution in [-0.4, -0.2) is 179 Å². The second-order valence-corrected chi connectivity index (χ2v) is 20.0. The molecule has 0 amide bonds. The highest BCUT2D eigenvalue weighted by atomic mass is 16.7. The summed E-state index contributed by atoms with van der Waals surface area (Å²) < 4.78 is 47.8. The molecule has 0 spiro atoms. The maximum absolute atomic E-state index is 14.2. The predicted octanol–water partition coefficient (Wildman–Crippen LogP) is 5.85. The van der Waals surface area contributed by atoms with E-state index in [9.17, 15) is 24.9 Å². The molecule has 0 aliphatic carbocycles. The number of likely N-dealkylation sites (N-methyl/N-ethyl adjacent to an activating group) is 1. The van der Waals surface area contributed by atoms with Crippen LogP contribution in [0.15, 0.2) is 59.8 Å². The number of carbonyl (C=O) groups excluding carboxylic acids is 2. The first-order valence-corrected chi connectivity index (χ1v) is 25.9. The molecule has 72 heavy (non-hydrogen) atoms. The van der Waals surface area contributed by atoms with E-state index >= 15 is 0 Å². The Morgan fingerprint density at radius 1 is 0.806 bits per heavy atom. The summed E-state index contributed by atoms with van der Waals surface area (Å²) in [7, 11) is 5.27. The molecule has 18 nitrogen and oxygen atoms in total. The standard InChI is InChI=1S/C54H88N4O14/c1-12-45-54(8,63)49(61)38(4)46(36(2)35-53(7,64-11)50(39(5)47(59)40(6)51(62)71-45)72-52-48(60)44(58(9)10)34-37(3)69-52)57-68-29-26-55-24-16-27-65-30-32-67-33-31-66-28-17-25-56-41-20-22-43(23-21-41)70-42-18-14-13-15-19-42/h13-15,18-23,36-40,44-45,48-50,52,55-56,60-61,63H,12,16-17,24-35H2,1-11H3/b57-46+/t36-,37-,38+,39+,40-,44+,45-,48-,49-,50-,52+,53+,54-/m1/s1. The maximum Gasteiger partial charge on any atom is 0.316 e. The quantitative estimate of drug-likeness (QED) is 0.0323. The fourth-order valence-electron chi connectivity index (χ4n) is 9.49. The number of carbonyl (C=O) groups is 2. The molecule has 0 bridgehead atoms. The van der Waals surface area contributed by atoms with E-state index in [4.69, 9.17) is 42.7 Å². The van der Waals surface area contributed by atoms with E-state index in [0.29, 0.717) is 64.9 Å². The van der Waals surface area contributed by atoms with Gasteiger partial charge in [-0.25, -0.2) is 0 Å². The molecule has 13 atom stereocenters. The largest absolute Gasteiger partial charge is 0.459 e. The van der Waals surface area contributed by atoms with Gasteiger partial charge in [-0.05, 0) is 117 Å². The van der Waals surface area contributed by atoms with Gasteiger partial charge in [-0.2, -0.15) is 0 Å². The number of esters is 1. The van der Waals surface area contributed by atoms with Gasteiger partial charge in [-0.1, -0.05) is 51.0 Å². The number of aliphatic hydroxyl groups excluding tert-OH is 2. The summed E-state index contributed by atoms with van der Waals surface area (Å²) in [6, 6.07) is 17.3. The summed E-state index contributed by atoms with van der Waals surface area (Å²) >= 11 is 0. The minimum Gasteiger partial charge on any atom is -0.459 e. The highest BCUT2D eigenvalue weighted by Gasteiger charge is 2.51. The van der Waals surface area contributed by atoms with Crippen LogP contribution >= 0.6 is 0 Å². The molecule has 2 aliphatic rings. The lowest BCUT2D eigenvalue weighted by atomic mass is 9.74. The SMILES string of the molecule is CC[C@H]1OC(=O)[C@H](C)C(=O)[C@H](C)[C@@H](O[C@@H]2O[C@H](C)C[C@H](N(C)C)[C@H]2O)[C@@](C)(OC)C[C@@H](C)/C(=N\OCCNCCCOCCOCCOCCCNc2ccc(Oc3ccccc3)cc2)[C@H](C)[C@@H](O)[C@]1(C)O. The first-order chi connectivity index (χ1) is 34.3. The van der Waals surface area contributed by atoms with Gasteiger partial charge in [0.05, 0.1) is 56.1 Å². The molecule has 0 unspecified atom stereocenters. The highest BCUT2D eigenvalue weighted by Crippen LogP contribution is 2.39. The van der Waals surface area contributed by atoms with Crippen LogP contribution in [0.4, 0.5) is 5.69 Å². The second-order valence-electron chi connectivity index (χ2n) is 20.0. The Morgan fingerprint density at radius 3 is 2.03 bits per heavy atom. The molecule has 0 saturated carbocycles. The number of methoxy groups -OCH3 is 1. The summed E-state index contributed by atoms with van der Waals surface area (Å²) in [5, 5.41) is 46.5. The van der Waals surface area contributed by atoms with E-state index in [2.05, 4.69) is 15.8 Å². The Kier molecular flexibility index (Phi) is 25.8. The molecule has 2 aromatic carbocycles. The minimum atomic E-state index is -1.93. The number of Topliss-reactive ketones (excluding diaryl/α,β-unsaturated/α-hetero) is 1. The number of anilines is 1. The highest BCUT2D eigenvalue weighted by molar-refractivity contribution is 6.00. The van der Waals surface area contributed by atoms with Crippen LogP contribution in [-0.2, 0) is 47.6 Å². The number of hydrogen-bond donors (Lipinski definition) is 5. The molecular formula is C54H88N4O14. The van der Waals surface area contributed by atoms with E-state index in [0.717, 1.165) is 36.6 Å². The smallest absolute Gasteiger partial charge is 0.316 e. The number of ether oxygens (including phenoxy) is 8. The zero-order valence-corrected chi connectivity index (χ0v) is 44.9. The molecule has 2 fully saturated rings. The first kappa shape index (κ1) is 60.8. The summed E-state index contributed by atoms with van der Waals surface area (Å²) in [5.41, 5.74) is -1.71. The van der Waals surface area contributed by atoms with Crippen molar-refractivity contribution in [1.29, 1.82) is 0 Å². The second kappa shape index (κ2) is 30.5. The van der Waals surface area contributed by atoms with Crippen molar-refractivity contribution >= 4 is 23.2 Å². The summed E-state index contributed by atoms with van der Waals surface area (Å²) in [6.07, 6.45) is -3.49. The zero-order valence-electron chi connectivity index (χ0n) is 44.9. The van der Waals surface area contributed by atoms with Crippen molar-refractivity contribution in [2.75, 3.05) is 92.4 Å². The van der Waals surface area contributed by atoms with Crippen molar-refractivity contribution in [1.82, 2.24) is 10.2 Å². The molecular weight excluding hydrogens is 929 g/mol. The number of ketones is 1. The van der Waals surface area contributed by atoms with E-state index in [1.807, 2.05) is 94.4 Å². The number of cyclic esters (lactones) is 1. The van der Waals surface area contributed by atoms with E-state index in [1.165, 1.54) is 21.0 Å². The summed E-state index contributed by atoms with van der Waals surface area (Å²) in [5.74, 6) is -3.18. The van der Waals surface area contributed by atoms with Gasteiger partial charge in [0.15, 0.2) is 12.1 Å². The lowest BCUT2D eigenvalue weighted by Crippen LogP contribution is -2.60. The first-order valence-electron chi connectivity index (χ1n) is 25.9. The van der Waals surface area contributed by atoms with Crippen molar-refractivity contribution < 1.29 is 67.6 Å². The van der Waals surface area contributed by atoms with Gasteiger partial charge in [0.2, 0.25) is 0 Å². The van der Waals surface area contributed by atoms with Crippen molar-refractivity contribution in [3.05, 3.63) is 54.6 Å². The Balaban J connectivity index is 1.23. The molecule has 0 radical (unpaired) electrons. The number of aliphatic hydroxyl groups is 3. The van der Waals surface area contributed by atoms with Gasteiger partial charge >= 0.3 is 5.97 Å². The van der Waals surface area contributed by atoms with Gasteiger partial charge < -0.3 is 73.6 Å². The predicted molar refractivity (Wildman–Crippen MR) is 275 cm³/mol. The third-order valence-corrected chi connectivity index (χ3v) is 13.9. The van der Waals surface area contributed by atoms with E-state index < -0.39 is 77.3 Å². The van der Waals surface area contributed by atoms with Gasteiger partial charge in [0, 0.05) is 62.9 Å². The Morgan fingerprint density at radius 2 is 1.42 bits per heavy atom. The normalized spacial score (nSPS) is 31.5. The fourth-order valence-corrected chi connectivity index (χ4v) is 9.49. The van der Waals surface area contributed by atoms with Crippen LogP contribution < -0.4 is 15.4 Å². The van der Waals surface area contributed by atoms with Crippen molar-refractivity contribution in [3.8, 4) is 11.5 Å². The summed E-state index contributed by atoms with van der Waals surface area (Å²) in [6.45, 7) is 18.9. The average Bonchev–Trinajstić information content (AvgIpc) is 3.36. The van der Waals surface area contributed by atoms with Gasteiger partial charge in [0.25, 0.3) is 0 Å². The number of hydrogen-bond acceptors (Lipinski definition) is 18. The molecule has 2 saturated heterocycles. The number of nitrogens with zero attached hydrogens (tertiary/aromatic N) is 2. The van der Waals surface area contributed by atoms with Crippen molar-refractivity contribution in [2.24, 2.45) is 28.8 Å². The molecule has 18 heteroatoms. The van der Waals surface area contributed by atoms with Gasteiger partial charge in [-0.3, -0.25) is 9.59 Å². The fraction of sp³-hybridized carbons (Fsp3) is 0.722. The monoisotopic (exact) mass is 1020 g/mol. The van der Waals surface area contributed by atoms with Crippen LogP contribution in [0.25, 0.3) is 0 Å². The Hall–Kier alpha value is -3.79. The zero-order chi connectivity index (χ0) is 52.8.